The molecule has 0 saturated heterocycles. The van der Waals surface area contributed by atoms with Crippen LogP contribution in [0.3, 0.4) is 0 Å². The molecular formula is C42H84O2. The number of ether oxygens (including phenoxy) is 1. The summed E-state index contributed by atoms with van der Waals surface area (Å²) in [7, 11) is 0. The highest BCUT2D eigenvalue weighted by Gasteiger charge is 2.14. The Bertz CT molecular complexity index is 542. The molecule has 0 rings (SSSR count). The van der Waals surface area contributed by atoms with Gasteiger partial charge in [-0.25, -0.2) is 0 Å². The van der Waals surface area contributed by atoms with Gasteiger partial charge in [0.15, 0.2) is 0 Å². The summed E-state index contributed by atoms with van der Waals surface area (Å²) in [6, 6.07) is 0. The Morgan fingerprint density at radius 3 is 0.977 bits per heavy atom. The fourth-order valence-electron chi connectivity index (χ4n) is 6.64. The Labute approximate surface area is 279 Å². The van der Waals surface area contributed by atoms with Crippen molar-refractivity contribution in [2.45, 2.75) is 259 Å². The van der Waals surface area contributed by atoms with Crippen LogP contribution in [0.25, 0.3) is 0 Å². The van der Waals surface area contributed by atoms with Crippen LogP contribution in [0.4, 0.5) is 0 Å². The van der Waals surface area contributed by atoms with E-state index in [9.17, 15) is 4.79 Å². The molecular weight excluding hydrogens is 536 g/mol. The van der Waals surface area contributed by atoms with E-state index < -0.39 is 0 Å². The maximum atomic E-state index is 12.7. The lowest BCUT2D eigenvalue weighted by molar-refractivity contribution is -0.150. The van der Waals surface area contributed by atoms with Crippen LogP contribution in [-0.2, 0) is 9.53 Å². The molecule has 0 N–H and O–H groups in total. The maximum absolute atomic E-state index is 12.7. The van der Waals surface area contributed by atoms with Gasteiger partial charge < -0.3 is 4.74 Å². The van der Waals surface area contributed by atoms with Gasteiger partial charge in [-0.05, 0) is 38.0 Å². The first-order valence-corrected chi connectivity index (χ1v) is 20.8. The minimum absolute atomic E-state index is 0.0750. The molecule has 0 saturated carbocycles. The lowest BCUT2D eigenvalue weighted by atomic mass is 10.0. The van der Waals surface area contributed by atoms with Crippen LogP contribution in [0.5, 0.6) is 0 Å². The highest BCUT2D eigenvalue weighted by Crippen LogP contribution is 2.19. The Morgan fingerprint density at radius 1 is 0.386 bits per heavy atom. The van der Waals surface area contributed by atoms with E-state index in [-0.39, 0.29) is 12.1 Å². The van der Waals surface area contributed by atoms with Gasteiger partial charge >= 0.3 is 5.97 Å². The number of hydrogen-bond donors (Lipinski definition) is 0. The van der Waals surface area contributed by atoms with Gasteiger partial charge in [0, 0.05) is 6.42 Å². The van der Waals surface area contributed by atoms with E-state index in [1.54, 1.807) is 0 Å². The number of esters is 1. The summed E-state index contributed by atoms with van der Waals surface area (Å²) in [6.45, 7) is 9.25. The number of carbonyl (C=O) groups is 1. The molecule has 0 aliphatic heterocycles. The SMILES string of the molecule is CCCCCCCCCCCCCC(CCCCCCCCCC)OC(=O)CCCCCCCCCCCCCCC(C)C. The molecule has 264 valence electrons. The molecule has 0 aliphatic carbocycles. The second kappa shape index (κ2) is 36.9. The van der Waals surface area contributed by atoms with Gasteiger partial charge in [-0.2, -0.15) is 0 Å². The Kier molecular flexibility index (Phi) is 36.5. The Balaban J connectivity index is 3.95. The number of rotatable bonds is 37. The van der Waals surface area contributed by atoms with Crippen LogP contribution in [0, 0.1) is 5.92 Å². The Morgan fingerprint density at radius 2 is 0.659 bits per heavy atom. The largest absolute Gasteiger partial charge is 0.462 e. The van der Waals surface area contributed by atoms with Gasteiger partial charge in [-0.1, -0.05) is 214 Å². The van der Waals surface area contributed by atoms with Crippen molar-refractivity contribution in [1.29, 1.82) is 0 Å². The lowest BCUT2D eigenvalue weighted by Crippen LogP contribution is -2.18. The zero-order valence-electron chi connectivity index (χ0n) is 31.2. The summed E-state index contributed by atoms with van der Waals surface area (Å²) in [4.78, 5) is 12.7. The van der Waals surface area contributed by atoms with Crippen molar-refractivity contribution in [3.05, 3.63) is 0 Å². The zero-order valence-corrected chi connectivity index (χ0v) is 31.2. The average molecular weight is 621 g/mol. The second-order valence-corrected chi connectivity index (χ2v) is 14.9. The van der Waals surface area contributed by atoms with Gasteiger partial charge in [0.25, 0.3) is 0 Å². The number of carbonyl (C=O) groups excluding carboxylic acids is 1. The first kappa shape index (κ1) is 43.5. The minimum Gasteiger partial charge on any atom is -0.462 e. The summed E-state index contributed by atoms with van der Waals surface area (Å²) in [5.74, 6) is 0.942. The molecule has 44 heavy (non-hydrogen) atoms. The van der Waals surface area contributed by atoms with Crippen molar-refractivity contribution >= 4 is 5.97 Å². The third kappa shape index (κ3) is 35.9. The molecule has 0 aliphatic rings. The second-order valence-electron chi connectivity index (χ2n) is 14.9. The van der Waals surface area contributed by atoms with E-state index in [0.717, 1.165) is 25.2 Å². The summed E-state index contributed by atoms with van der Waals surface area (Å²) >= 11 is 0. The third-order valence-corrected chi connectivity index (χ3v) is 9.72. The molecule has 0 amide bonds. The molecule has 2 nitrogen and oxygen atoms in total. The van der Waals surface area contributed by atoms with Crippen molar-refractivity contribution in [2.24, 2.45) is 5.92 Å². The van der Waals surface area contributed by atoms with Crippen molar-refractivity contribution in [3.63, 3.8) is 0 Å². The molecule has 0 bridgehead atoms. The van der Waals surface area contributed by atoms with E-state index >= 15 is 0 Å². The first-order valence-electron chi connectivity index (χ1n) is 20.8. The Hall–Kier alpha value is -0.530. The monoisotopic (exact) mass is 621 g/mol. The minimum atomic E-state index is 0.0750. The molecule has 0 aromatic carbocycles. The predicted molar refractivity (Wildman–Crippen MR) is 198 cm³/mol. The molecule has 2 heteroatoms. The molecule has 0 radical (unpaired) electrons. The van der Waals surface area contributed by atoms with E-state index in [1.807, 2.05) is 0 Å². The lowest BCUT2D eigenvalue weighted by Gasteiger charge is -2.18. The van der Waals surface area contributed by atoms with Crippen LogP contribution in [0.1, 0.15) is 252 Å². The standard InChI is InChI=1S/C42H84O2/c1-5-7-9-11-13-15-18-22-26-30-34-38-41(37-33-29-25-14-12-10-8-6-2)44-42(43)39-35-31-27-23-20-17-16-19-21-24-28-32-36-40(3)4/h40-41H,5-39H2,1-4H3. The zero-order chi connectivity index (χ0) is 32.2. The fourth-order valence-corrected chi connectivity index (χ4v) is 6.64. The van der Waals surface area contributed by atoms with Crippen molar-refractivity contribution in [1.82, 2.24) is 0 Å². The first-order chi connectivity index (χ1) is 21.6. The number of unbranched alkanes of at least 4 members (excludes halogenated alkanes) is 28. The molecule has 0 aromatic rings. The van der Waals surface area contributed by atoms with Crippen molar-refractivity contribution in [3.8, 4) is 0 Å². The van der Waals surface area contributed by atoms with Gasteiger partial charge in [0.05, 0.1) is 0 Å². The van der Waals surface area contributed by atoms with Gasteiger partial charge in [-0.3, -0.25) is 4.79 Å². The summed E-state index contributed by atoms with van der Waals surface area (Å²) in [6.07, 6.45) is 46.4. The third-order valence-electron chi connectivity index (χ3n) is 9.72. The van der Waals surface area contributed by atoms with Gasteiger partial charge in [-0.15, -0.1) is 0 Å². The van der Waals surface area contributed by atoms with Gasteiger partial charge in [0.1, 0.15) is 6.10 Å². The molecule has 1 unspecified atom stereocenters. The van der Waals surface area contributed by atoms with Crippen molar-refractivity contribution < 1.29 is 9.53 Å². The van der Waals surface area contributed by atoms with Crippen LogP contribution in [0.15, 0.2) is 0 Å². The molecule has 1 atom stereocenters. The van der Waals surface area contributed by atoms with E-state index in [1.165, 1.54) is 199 Å². The highest BCUT2D eigenvalue weighted by molar-refractivity contribution is 5.69. The summed E-state index contributed by atoms with van der Waals surface area (Å²) in [5.41, 5.74) is 0. The van der Waals surface area contributed by atoms with Crippen molar-refractivity contribution in [2.75, 3.05) is 0 Å². The normalized spacial score (nSPS) is 12.3. The van der Waals surface area contributed by atoms with Crippen LogP contribution >= 0.6 is 0 Å². The highest BCUT2D eigenvalue weighted by atomic mass is 16.5. The smallest absolute Gasteiger partial charge is 0.306 e. The maximum Gasteiger partial charge on any atom is 0.306 e. The van der Waals surface area contributed by atoms with Crippen LogP contribution < -0.4 is 0 Å². The van der Waals surface area contributed by atoms with E-state index in [2.05, 4.69) is 27.7 Å². The van der Waals surface area contributed by atoms with E-state index in [0.29, 0.717) is 6.42 Å². The van der Waals surface area contributed by atoms with Crippen LogP contribution in [-0.4, -0.2) is 12.1 Å². The van der Waals surface area contributed by atoms with E-state index in [4.69, 9.17) is 4.74 Å². The molecule has 0 spiro atoms. The average Bonchev–Trinajstić information content (AvgIpc) is 3.01. The molecule has 0 fully saturated rings. The number of hydrogen-bond acceptors (Lipinski definition) is 2. The fraction of sp³-hybridized carbons (Fsp3) is 0.976. The quantitative estimate of drug-likeness (QED) is 0.0510. The topological polar surface area (TPSA) is 26.3 Å². The molecule has 0 aromatic heterocycles. The summed E-state index contributed by atoms with van der Waals surface area (Å²) < 4.78 is 6.08. The van der Waals surface area contributed by atoms with Gasteiger partial charge in [0.2, 0.25) is 0 Å². The predicted octanol–water partition coefficient (Wildman–Crippen LogP) is 15.2. The van der Waals surface area contributed by atoms with Crippen LogP contribution in [0.2, 0.25) is 0 Å². The summed E-state index contributed by atoms with van der Waals surface area (Å²) in [5, 5.41) is 0. The molecule has 0 heterocycles.